The van der Waals surface area contributed by atoms with Gasteiger partial charge in [0.1, 0.15) is 5.75 Å². The monoisotopic (exact) mass is 203 g/mol. The summed E-state index contributed by atoms with van der Waals surface area (Å²) < 4.78 is 2.00. The third kappa shape index (κ3) is 1.17. The van der Waals surface area contributed by atoms with Crippen LogP contribution in [0.4, 0.5) is 0 Å². The molecule has 0 atom stereocenters. The van der Waals surface area contributed by atoms with Crippen molar-refractivity contribution in [1.82, 2.24) is 4.57 Å². The lowest BCUT2D eigenvalue weighted by atomic mass is 9.95. The molecular formula is C13H17NO. The molecule has 2 heteroatoms. The molecule has 1 aromatic heterocycles. The molecule has 0 spiro atoms. The van der Waals surface area contributed by atoms with Crippen molar-refractivity contribution in [2.75, 3.05) is 0 Å². The summed E-state index contributed by atoms with van der Waals surface area (Å²) in [6.07, 6.45) is 1.78. The number of aryl methyl sites for hydroxylation is 3. The van der Waals surface area contributed by atoms with E-state index in [2.05, 4.69) is 27.7 Å². The summed E-state index contributed by atoms with van der Waals surface area (Å²) in [7, 11) is 1.98. The zero-order valence-electron chi connectivity index (χ0n) is 9.97. The van der Waals surface area contributed by atoms with Gasteiger partial charge in [-0.15, -0.1) is 0 Å². The second-order valence-electron chi connectivity index (χ2n) is 4.35. The normalized spacial score (nSPS) is 11.3. The molecule has 1 heterocycles. The standard InChI is InChI=1S/C13H17NO/c1-7-8(2)10(4)13-12(9(7)3)11(15)6-14(13)5/h6,15H,1-5H3. The maximum absolute atomic E-state index is 9.89. The number of rotatable bonds is 0. The molecule has 0 aliphatic carbocycles. The zero-order valence-corrected chi connectivity index (χ0v) is 9.97. The summed E-state index contributed by atoms with van der Waals surface area (Å²) in [5.41, 5.74) is 6.19. The van der Waals surface area contributed by atoms with E-state index in [9.17, 15) is 5.11 Å². The van der Waals surface area contributed by atoms with Gasteiger partial charge in [-0.3, -0.25) is 0 Å². The van der Waals surface area contributed by atoms with Crippen LogP contribution in [0, 0.1) is 27.7 Å². The molecular weight excluding hydrogens is 186 g/mol. The summed E-state index contributed by atoms with van der Waals surface area (Å²) in [6, 6.07) is 0. The summed E-state index contributed by atoms with van der Waals surface area (Å²) in [6.45, 7) is 8.44. The molecule has 1 N–H and O–H groups in total. The molecule has 0 fully saturated rings. The van der Waals surface area contributed by atoms with Crippen LogP contribution in [-0.4, -0.2) is 9.67 Å². The number of hydrogen-bond acceptors (Lipinski definition) is 1. The van der Waals surface area contributed by atoms with Crippen LogP contribution in [0.15, 0.2) is 6.20 Å². The number of aromatic hydroxyl groups is 1. The SMILES string of the molecule is Cc1c(C)c(C)c2c(c(O)cn2C)c1C. The fourth-order valence-electron chi connectivity index (χ4n) is 2.36. The predicted octanol–water partition coefficient (Wildman–Crippen LogP) is 3.12. The number of benzene rings is 1. The largest absolute Gasteiger partial charge is 0.506 e. The highest BCUT2D eigenvalue weighted by Gasteiger charge is 2.15. The third-order valence-corrected chi connectivity index (χ3v) is 3.58. The van der Waals surface area contributed by atoms with E-state index in [1.54, 1.807) is 6.20 Å². The molecule has 80 valence electrons. The molecule has 0 aliphatic heterocycles. The van der Waals surface area contributed by atoms with Gasteiger partial charge in [0.25, 0.3) is 0 Å². The van der Waals surface area contributed by atoms with E-state index in [1.165, 1.54) is 22.3 Å². The fourth-order valence-corrected chi connectivity index (χ4v) is 2.36. The van der Waals surface area contributed by atoms with Gasteiger partial charge in [0.05, 0.1) is 5.52 Å². The molecule has 0 bridgehead atoms. The van der Waals surface area contributed by atoms with E-state index in [0.717, 1.165) is 10.9 Å². The van der Waals surface area contributed by atoms with Crippen molar-refractivity contribution >= 4 is 10.9 Å². The first-order chi connectivity index (χ1) is 6.95. The van der Waals surface area contributed by atoms with Gasteiger partial charge >= 0.3 is 0 Å². The van der Waals surface area contributed by atoms with Gasteiger partial charge in [0, 0.05) is 18.6 Å². The van der Waals surface area contributed by atoms with Crippen LogP contribution in [0.2, 0.25) is 0 Å². The maximum Gasteiger partial charge on any atom is 0.141 e. The van der Waals surface area contributed by atoms with E-state index in [4.69, 9.17) is 0 Å². The van der Waals surface area contributed by atoms with Gasteiger partial charge in [-0.1, -0.05) is 0 Å². The quantitative estimate of drug-likeness (QED) is 0.699. The van der Waals surface area contributed by atoms with Crippen molar-refractivity contribution in [1.29, 1.82) is 0 Å². The topological polar surface area (TPSA) is 25.2 Å². The first-order valence-electron chi connectivity index (χ1n) is 5.19. The van der Waals surface area contributed by atoms with E-state index in [0.29, 0.717) is 5.75 Å². The molecule has 0 radical (unpaired) electrons. The third-order valence-electron chi connectivity index (χ3n) is 3.58. The van der Waals surface area contributed by atoms with Gasteiger partial charge in [-0.25, -0.2) is 0 Å². The Balaban J connectivity index is 3.10. The Morgan fingerprint density at radius 1 is 0.933 bits per heavy atom. The summed E-state index contributed by atoms with van der Waals surface area (Å²) in [5, 5.41) is 10.9. The number of aromatic nitrogens is 1. The van der Waals surface area contributed by atoms with E-state index in [-0.39, 0.29) is 0 Å². The van der Waals surface area contributed by atoms with Gasteiger partial charge in [0.2, 0.25) is 0 Å². The van der Waals surface area contributed by atoms with Gasteiger partial charge in [-0.2, -0.15) is 0 Å². The number of hydrogen-bond donors (Lipinski definition) is 1. The molecule has 0 saturated carbocycles. The molecule has 0 unspecified atom stereocenters. The average Bonchev–Trinajstić information content (AvgIpc) is 2.47. The van der Waals surface area contributed by atoms with Crippen molar-refractivity contribution in [2.24, 2.45) is 7.05 Å². The van der Waals surface area contributed by atoms with Crippen molar-refractivity contribution < 1.29 is 5.11 Å². The van der Waals surface area contributed by atoms with Crippen molar-refractivity contribution in [3.63, 3.8) is 0 Å². The highest BCUT2D eigenvalue weighted by molar-refractivity contribution is 5.93. The lowest BCUT2D eigenvalue weighted by Crippen LogP contribution is -1.95. The Labute approximate surface area is 90.2 Å². The highest BCUT2D eigenvalue weighted by Crippen LogP contribution is 2.35. The van der Waals surface area contributed by atoms with Gasteiger partial charge < -0.3 is 9.67 Å². The summed E-state index contributed by atoms with van der Waals surface area (Å²) in [5.74, 6) is 0.385. The molecule has 0 saturated heterocycles. The first kappa shape index (κ1) is 10.1. The molecule has 1 aromatic carbocycles. The average molecular weight is 203 g/mol. The van der Waals surface area contributed by atoms with Crippen LogP contribution in [0.5, 0.6) is 5.75 Å². The minimum atomic E-state index is 0.385. The van der Waals surface area contributed by atoms with E-state index >= 15 is 0 Å². The van der Waals surface area contributed by atoms with Crippen molar-refractivity contribution in [3.05, 3.63) is 28.5 Å². The lowest BCUT2D eigenvalue weighted by Gasteiger charge is -2.12. The van der Waals surface area contributed by atoms with Crippen LogP contribution in [0.3, 0.4) is 0 Å². The molecule has 2 aromatic rings. The number of fused-ring (bicyclic) bond motifs is 1. The summed E-state index contributed by atoms with van der Waals surface area (Å²) >= 11 is 0. The smallest absolute Gasteiger partial charge is 0.141 e. The van der Waals surface area contributed by atoms with E-state index in [1.807, 2.05) is 11.6 Å². The predicted molar refractivity (Wildman–Crippen MR) is 63.5 cm³/mol. The fraction of sp³-hybridized carbons (Fsp3) is 0.385. The second-order valence-corrected chi connectivity index (χ2v) is 4.35. The maximum atomic E-state index is 9.89. The van der Waals surface area contributed by atoms with Gasteiger partial charge in [-0.05, 0) is 49.9 Å². The Kier molecular flexibility index (Phi) is 2.03. The lowest BCUT2D eigenvalue weighted by molar-refractivity contribution is 0.479. The first-order valence-corrected chi connectivity index (χ1v) is 5.19. The highest BCUT2D eigenvalue weighted by atomic mass is 16.3. The molecule has 15 heavy (non-hydrogen) atoms. The van der Waals surface area contributed by atoms with Crippen LogP contribution in [-0.2, 0) is 7.05 Å². The minimum Gasteiger partial charge on any atom is -0.506 e. The van der Waals surface area contributed by atoms with Gasteiger partial charge in [0.15, 0.2) is 0 Å². The van der Waals surface area contributed by atoms with Crippen LogP contribution < -0.4 is 0 Å². The minimum absolute atomic E-state index is 0.385. The molecule has 2 nitrogen and oxygen atoms in total. The Morgan fingerprint density at radius 2 is 1.47 bits per heavy atom. The van der Waals surface area contributed by atoms with Crippen LogP contribution in [0.1, 0.15) is 22.3 Å². The Morgan fingerprint density at radius 3 is 2.07 bits per heavy atom. The molecule has 0 amide bonds. The Hall–Kier alpha value is -1.44. The molecule has 2 rings (SSSR count). The summed E-state index contributed by atoms with van der Waals surface area (Å²) in [4.78, 5) is 0. The number of nitrogens with zero attached hydrogens (tertiary/aromatic N) is 1. The van der Waals surface area contributed by atoms with Crippen molar-refractivity contribution in [2.45, 2.75) is 27.7 Å². The Bertz CT molecular complexity index is 502. The van der Waals surface area contributed by atoms with Crippen LogP contribution in [0.25, 0.3) is 10.9 Å². The zero-order chi connectivity index (χ0) is 11.3. The second kappa shape index (κ2) is 3.02. The van der Waals surface area contributed by atoms with Crippen LogP contribution >= 0.6 is 0 Å². The molecule has 0 aliphatic rings. The van der Waals surface area contributed by atoms with Crippen molar-refractivity contribution in [3.8, 4) is 5.75 Å². The van der Waals surface area contributed by atoms with E-state index < -0.39 is 0 Å².